The highest BCUT2D eigenvalue weighted by Gasteiger charge is 2.29. The van der Waals surface area contributed by atoms with Crippen molar-refractivity contribution in [2.75, 3.05) is 5.32 Å². The summed E-state index contributed by atoms with van der Waals surface area (Å²) >= 11 is 11.9. The second-order valence-electron chi connectivity index (χ2n) is 4.21. The number of rotatable bonds is 3. The van der Waals surface area contributed by atoms with Gasteiger partial charge in [0.2, 0.25) is 5.69 Å². The number of carbonyl (C=O) groups is 1. The Morgan fingerprint density at radius 1 is 1.38 bits per heavy atom. The third-order valence-corrected chi connectivity index (χ3v) is 3.42. The Morgan fingerprint density at radius 2 is 1.95 bits per heavy atom. The molecule has 0 saturated heterocycles. The first-order chi connectivity index (χ1) is 9.82. The summed E-state index contributed by atoms with van der Waals surface area (Å²) in [4.78, 5) is 22.7. The van der Waals surface area contributed by atoms with Crippen molar-refractivity contribution in [3.05, 3.63) is 49.7 Å². The quantitative estimate of drug-likeness (QED) is 0.691. The molecule has 2 aromatic rings. The number of amides is 1. The van der Waals surface area contributed by atoms with Crippen molar-refractivity contribution in [2.45, 2.75) is 6.92 Å². The number of hydrogen-bond donors (Lipinski definition) is 1. The van der Waals surface area contributed by atoms with E-state index in [1.54, 1.807) is 18.2 Å². The fraction of sp³-hybridized carbons (Fsp3) is 0.167. The molecule has 0 aliphatic rings. The molecular formula is C12H10Cl2N4O3. The highest BCUT2D eigenvalue weighted by atomic mass is 35.5. The van der Waals surface area contributed by atoms with Crippen LogP contribution in [0.2, 0.25) is 10.0 Å². The minimum Gasteiger partial charge on any atom is -0.318 e. The van der Waals surface area contributed by atoms with Gasteiger partial charge in [0.05, 0.1) is 20.7 Å². The average molecular weight is 329 g/mol. The van der Waals surface area contributed by atoms with Crippen LogP contribution >= 0.6 is 23.2 Å². The predicted octanol–water partition coefficient (Wildman–Crippen LogP) is 3.20. The molecule has 0 atom stereocenters. The molecule has 1 amide bonds. The van der Waals surface area contributed by atoms with Gasteiger partial charge in [-0.25, -0.2) is 0 Å². The largest absolute Gasteiger partial charge is 0.322 e. The number of aromatic nitrogens is 2. The van der Waals surface area contributed by atoms with Crippen molar-refractivity contribution in [1.29, 1.82) is 0 Å². The summed E-state index contributed by atoms with van der Waals surface area (Å²) in [5, 5.41) is 17.9. The number of halogens is 2. The number of nitrogens with one attached hydrogen (secondary N) is 1. The van der Waals surface area contributed by atoms with Gasteiger partial charge in [-0.05, 0) is 19.1 Å². The van der Waals surface area contributed by atoms with Crippen LogP contribution in [0.15, 0.2) is 18.2 Å². The molecule has 0 saturated carbocycles. The summed E-state index contributed by atoms with van der Waals surface area (Å²) in [6.45, 7) is 1.46. The topological polar surface area (TPSA) is 90.1 Å². The van der Waals surface area contributed by atoms with Crippen molar-refractivity contribution in [2.24, 2.45) is 7.05 Å². The number of aryl methyl sites for hydroxylation is 2. The average Bonchev–Trinajstić information content (AvgIpc) is 2.68. The number of benzene rings is 1. The predicted molar refractivity (Wildman–Crippen MR) is 79.0 cm³/mol. The van der Waals surface area contributed by atoms with Crippen molar-refractivity contribution in [3.63, 3.8) is 0 Å². The first-order valence-electron chi connectivity index (χ1n) is 5.76. The molecule has 21 heavy (non-hydrogen) atoms. The fourth-order valence-electron chi connectivity index (χ4n) is 1.91. The van der Waals surface area contributed by atoms with Gasteiger partial charge < -0.3 is 5.32 Å². The first-order valence-corrected chi connectivity index (χ1v) is 6.52. The molecular weight excluding hydrogens is 319 g/mol. The number of carbonyl (C=O) groups excluding carboxylic acids is 1. The van der Waals surface area contributed by atoms with E-state index in [4.69, 9.17) is 23.2 Å². The highest BCUT2D eigenvalue weighted by Crippen LogP contribution is 2.31. The van der Waals surface area contributed by atoms with Crippen LogP contribution in [-0.4, -0.2) is 20.6 Å². The maximum atomic E-state index is 12.3. The molecule has 2 rings (SSSR count). The third-order valence-electron chi connectivity index (χ3n) is 2.79. The maximum Gasteiger partial charge on any atom is 0.322 e. The van der Waals surface area contributed by atoms with E-state index in [1.807, 2.05) is 0 Å². The number of nitrogens with zero attached hydrogens (tertiary/aromatic N) is 3. The molecule has 0 fully saturated rings. The zero-order valence-electron chi connectivity index (χ0n) is 11.1. The van der Waals surface area contributed by atoms with Crippen LogP contribution in [0, 0.1) is 17.0 Å². The van der Waals surface area contributed by atoms with E-state index in [1.165, 1.54) is 14.0 Å². The van der Waals surface area contributed by atoms with E-state index in [2.05, 4.69) is 10.4 Å². The molecule has 9 heteroatoms. The van der Waals surface area contributed by atoms with Gasteiger partial charge in [0.1, 0.15) is 5.69 Å². The van der Waals surface area contributed by atoms with Gasteiger partial charge in [0.25, 0.3) is 5.91 Å². The lowest BCUT2D eigenvalue weighted by Crippen LogP contribution is -2.18. The fourth-order valence-corrected chi connectivity index (χ4v) is 2.40. The van der Waals surface area contributed by atoms with Gasteiger partial charge in [-0.15, -0.1) is 0 Å². The van der Waals surface area contributed by atoms with E-state index >= 15 is 0 Å². The molecule has 0 aliphatic carbocycles. The maximum absolute atomic E-state index is 12.3. The van der Waals surface area contributed by atoms with Gasteiger partial charge in [0, 0.05) is 7.05 Å². The Balaban J connectivity index is 2.45. The molecule has 7 nitrogen and oxygen atoms in total. The standard InChI is InChI=1S/C12H10Cl2N4O3/c1-6-10(18(20)21)11(17(2)16-6)12(19)15-9-7(13)4-3-5-8(9)14/h3-5H,1-2H3,(H,15,19). The smallest absolute Gasteiger partial charge is 0.318 e. The van der Waals surface area contributed by atoms with E-state index in [-0.39, 0.29) is 32.8 Å². The number of anilines is 1. The molecule has 0 aliphatic heterocycles. The lowest BCUT2D eigenvalue weighted by molar-refractivity contribution is -0.385. The van der Waals surface area contributed by atoms with Crippen molar-refractivity contribution < 1.29 is 9.72 Å². The number of para-hydroxylation sites is 1. The molecule has 0 spiro atoms. The highest BCUT2D eigenvalue weighted by molar-refractivity contribution is 6.40. The van der Waals surface area contributed by atoms with Gasteiger partial charge in [-0.3, -0.25) is 19.6 Å². The Kier molecular flexibility index (Phi) is 4.15. The summed E-state index contributed by atoms with van der Waals surface area (Å²) in [6, 6.07) is 4.72. The minimum atomic E-state index is -0.709. The Hall–Kier alpha value is -2.12. The molecule has 1 N–H and O–H groups in total. The number of nitro groups is 1. The second kappa shape index (κ2) is 5.71. The van der Waals surface area contributed by atoms with Crippen molar-refractivity contribution in [3.8, 4) is 0 Å². The van der Waals surface area contributed by atoms with E-state index in [0.29, 0.717) is 0 Å². The van der Waals surface area contributed by atoms with Gasteiger partial charge in [0.15, 0.2) is 0 Å². The van der Waals surface area contributed by atoms with Gasteiger partial charge in [-0.1, -0.05) is 29.3 Å². The van der Waals surface area contributed by atoms with Crippen LogP contribution in [0.5, 0.6) is 0 Å². The summed E-state index contributed by atoms with van der Waals surface area (Å²) in [6.07, 6.45) is 0. The molecule has 0 unspecified atom stereocenters. The van der Waals surface area contributed by atoms with Crippen LogP contribution in [-0.2, 0) is 7.05 Å². The third kappa shape index (κ3) is 2.84. The Morgan fingerprint density at radius 3 is 2.48 bits per heavy atom. The summed E-state index contributed by atoms with van der Waals surface area (Å²) in [5.74, 6) is -0.709. The van der Waals surface area contributed by atoms with E-state index in [0.717, 1.165) is 4.68 Å². The lowest BCUT2D eigenvalue weighted by Gasteiger charge is -2.08. The van der Waals surface area contributed by atoms with Gasteiger partial charge in [-0.2, -0.15) is 5.10 Å². The first kappa shape index (κ1) is 15.3. The van der Waals surface area contributed by atoms with Crippen LogP contribution in [0.25, 0.3) is 0 Å². The van der Waals surface area contributed by atoms with Crippen LogP contribution in [0.1, 0.15) is 16.2 Å². The molecule has 110 valence electrons. The van der Waals surface area contributed by atoms with Gasteiger partial charge >= 0.3 is 5.69 Å². The Labute approximate surface area is 129 Å². The summed E-state index contributed by atoms with van der Waals surface area (Å²) < 4.78 is 1.15. The van der Waals surface area contributed by atoms with Crippen molar-refractivity contribution in [1.82, 2.24) is 9.78 Å². The van der Waals surface area contributed by atoms with Crippen LogP contribution in [0.3, 0.4) is 0 Å². The molecule has 1 aromatic carbocycles. The zero-order chi connectivity index (χ0) is 15.7. The molecule has 1 aromatic heterocycles. The normalized spacial score (nSPS) is 10.5. The van der Waals surface area contributed by atoms with Crippen molar-refractivity contribution >= 4 is 40.5 Å². The summed E-state index contributed by atoms with van der Waals surface area (Å²) in [5.41, 5.74) is -0.177. The van der Waals surface area contributed by atoms with E-state index < -0.39 is 10.8 Å². The Bertz CT molecular complexity index is 722. The summed E-state index contributed by atoms with van der Waals surface area (Å²) in [7, 11) is 1.45. The minimum absolute atomic E-state index is 0.151. The van der Waals surface area contributed by atoms with E-state index in [9.17, 15) is 14.9 Å². The molecule has 0 radical (unpaired) electrons. The van der Waals surface area contributed by atoms with Crippen LogP contribution in [0.4, 0.5) is 11.4 Å². The number of hydrogen-bond acceptors (Lipinski definition) is 4. The SMILES string of the molecule is Cc1nn(C)c(C(=O)Nc2c(Cl)cccc2Cl)c1[N+](=O)[O-]. The van der Waals surface area contributed by atoms with Crippen LogP contribution < -0.4 is 5.32 Å². The second-order valence-corrected chi connectivity index (χ2v) is 5.03. The molecule has 1 heterocycles. The zero-order valence-corrected chi connectivity index (χ0v) is 12.6. The lowest BCUT2D eigenvalue weighted by atomic mass is 10.2. The monoisotopic (exact) mass is 328 g/mol. The molecule has 0 bridgehead atoms.